The fourth-order valence-electron chi connectivity index (χ4n) is 5.84. The maximum Gasteiger partial charge on any atom is 0.226 e. The van der Waals surface area contributed by atoms with Crippen molar-refractivity contribution in [1.29, 1.82) is 0 Å². The molecule has 0 unspecified atom stereocenters. The first-order valence-electron chi connectivity index (χ1n) is 14.2. The summed E-state index contributed by atoms with van der Waals surface area (Å²) in [6.45, 7) is 3.90. The molecule has 1 aromatic heterocycles. The molecule has 208 valence electrons. The lowest BCUT2D eigenvalue weighted by atomic mass is 9.81. The Labute approximate surface area is 221 Å². The first-order chi connectivity index (χ1) is 17.7. The van der Waals surface area contributed by atoms with Crippen molar-refractivity contribution in [1.82, 2.24) is 9.88 Å². The van der Waals surface area contributed by atoms with Crippen LogP contribution in [0.5, 0.6) is 0 Å². The van der Waals surface area contributed by atoms with E-state index in [1.807, 2.05) is 13.8 Å². The van der Waals surface area contributed by atoms with Crippen molar-refractivity contribution in [3.05, 3.63) is 30.1 Å². The number of aromatic nitrogens is 1. The lowest BCUT2D eigenvalue weighted by molar-refractivity contribution is -0.148. The summed E-state index contributed by atoms with van der Waals surface area (Å²) in [5.41, 5.74) is 5.98. The number of rotatable bonds is 15. The zero-order chi connectivity index (χ0) is 26.9. The fourth-order valence-corrected chi connectivity index (χ4v) is 5.84. The highest BCUT2D eigenvalue weighted by Crippen LogP contribution is 2.38. The summed E-state index contributed by atoms with van der Waals surface area (Å²) in [4.78, 5) is 31.9. The molecule has 5 N–H and O–H groups in total. The molecular formula is C29H47N3O5. The fraction of sp³-hybridized carbons (Fsp3) is 0.759. The second-order valence-corrected chi connectivity index (χ2v) is 11.8. The molecule has 0 bridgehead atoms. The number of hydrogen-bond donors (Lipinski definition) is 4. The topological polar surface area (TPSA) is 137 Å². The van der Waals surface area contributed by atoms with Gasteiger partial charge in [0.05, 0.1) is 24.4 Å². The van der Waals surface area contributed by atoms with Gasteiger partial charge in [-0.2, -0.15) is 0 Å². The van der Waals surface area contributed by atoms with Gasteiger partial charge in [-0.05, 0) is 49.1 Å². The third-order valence-electron chi connectivity index (χ3n) is 7.99. The largest absolute Gasteiger partial charge is 0.390 e. The van der Waals surface area contributed by atoms with Crippen molar-refractivity contribution in [2.75, 3.05) is 6.54 Å². The SMILES string of the molecule is CC(C)C[C@H](O)[C@H](O)[C@H](CC1CCCCC1)N(C[C@@H](O)c1ccccn1)C(=O)[C@@H](CC(N)=O)CC1CC1. The second kappa shape index (κ2) is 14.2. The van der Waals surface area contributed by atoms with Gasteiger partial charge in [-0.15, -0.1) is 0 Å². The lowest BCUT2D eigenvalue weighted by Gasteiger charge is -2.41. The highest BCUT2D eigenvalue weighted by molar-refractivity contribution is 5.85. The first-order valence-corrected chi connectivity index (χ1v) is 14.2. The zero-order valence-electron chi connectivity index (χ0n) is 22.5. The van der Waals surface area contributed by atoms with Gasteiger partial charge in [0.2, 0.25) is 11.8 Å². The van der Waals surface area contributed by atoms with Crippen LogP contribution in [0.25, 0.3) is 0 Å². The first kappa shape index (κ1) is 29.5. The molecule has 2 fully saturated rings. The van der Waals surface area contributed by atoms with Gasteiger partial charge >= 0.3 is 0 Å². The molecule has 0 aromatic carbocycles. The maximum absolute atomic E-state index is 14.1. The van der Waals surface area contributed by atoms with Gasteiger partial charge in [0.15, 0.2) is 0 Å². The van der Waals surface area contributed by atoms with Gasteiger partial charge in [-0.1, -0.05) is 64.9 Å². The van der Waals surface area contributed by atoms with E-state index < -0.39 is 36.2 Å². The number of aliphatic hydroxyl groups excluding tert-OH is 3. The Morgan fingerprint density at radius 2 is 1.70 bits per heavy atom. The molecule has 5 atom stereocenters. The quantitative estimate of drug-likeness (QED) is 0.282. The van der Waals surface area contributed by atoms with Crippen LogP contribution in [0.15, 0.2) is 24.4 Å². The third kappa shape index (κ3) is 9.34. The highest BCUT2D eigenvalue weighted by atomic mass is 16.3. The highest BCUT2D eigenvalue weighted by Gasteiger charge is 2.41. The minimum absolute atomic E-state index is 0.0632. The third-order valence-corrected chi connectivity index (χ3v) is 7.99. The summed E-state index contributed by atoms with van der Waals surface area (Å²) < 4.78 is 0. The molecule has 1 heterocycles. The number of amides is 2. The van der Waals surface area contributed by atoms with Crippen molar-refractivity contribution in [3.63, 3.8) is 0 Å². The average Bonchev–Trinajstić information content (AvgIpc) is 3.69. The smallest absolute Gasteiger partial charge is 0.226 e. The van der Waals surface area contributed by atoms with E-state index in [-0.39, 0.29) is 24.8 Å². The van der Waals surface area contributed by atoms with Gasteiger partial charge in [0.1, 0.15) is 12.2 Å². The van der Waals surface area contributed by atoms with Crippen molar-refractivity contribution < 1.29 is 24.9 Å². The van der Waals surface area contributed by atoms with Gasteiger partial charge in [-0.25, -0.2) is 0 Å². The van der Waals surface area contributed by atoms with Crippen LogP contribution >= 0.6 is 0 Å². The van der Waals surface area contributed by atoms with Crippen molar-refractivity contribution in [2.24, 2.45) is 29.4 Å². The summed E-state index contributed by atoms with van der Waals surface area (Å²) >= 11 is 0. The van der Waals surface area contributed by atoms with E-state index in [1.54, 1.807) is 29.3 Å². The molecule has 0 spiro atoms. The molecule has 2 aliphatic rings. The molecule has 37 heavy (non-hydrogen) atoms. The normalized spacial score (nSPS) is 20.7. The van der Waals surface area contributed by atoms with Crippen LogP contribution in [0.4, 0.5) is 0 Å². The van der Waals surface area contributed by atoms with Crippen molar-refractivity contribution in [3.8, 4) is 0 Å². The number of hydrogen-bond acceptors (Lipinski definition) is 6. The number of pyridine rings is 1. The maximum atomic E-state index is 14.1. The standard InChI is InChI=1S/C29H47N3O5/c1-19(2)14-25(33)28(36)24(16-20-8-4-3-5-9-20)32(18-26(34)23-10-6-7-13-31-23)29(37)22(17-27(30)35)15-21-11-12-21/h6-7,10,13,19-22,24-26,28,33-34,36H,3-5,8-9,11-12,14-18H2,1-2H3,(H2,30,35)/t22-,24+,25+,26-,28-/m1/s1. The summed E-state index contributed by atoms with van der Waals surface area (Å²) in [6, 6.07) is 4.56. The van der Waals surface area contributed by atoms with Gasteiger partial charge < -0.3 is 26.0 Å². The predicted octanol–water partition coefficient (Wildman–Crippen LogP) is 3.34. The number of carbonyl (C=O) groups excluding carboxylic acids is 2. The Morgan fingerprint density at radius 3 is 2.27 bits per heavy atom. The van der Waals surface area contributed by atoms with Crippen LogP contribution in [-0.4, -0.2) is 61.8 Å². The van der Waals surface area contributed by atoms with E-state index in [0.717, 1.165) is 38.5 Å². The molecule has 2 aliphatic carbocycles. The van der Waals surface area contributed by atoms with Crippen LogP contribution < -0.4 is 5.73 Å². The summed E-state index contributed by atoms with van der Waals surface area (Å²) in [5, 5.41) is 33.6. The van der Waals surface area contributed by atoms with E-state index in [2.05, 4.69) is 4.98 Å². The van der Waals surface area contributed by atoms with Crippen molar-refractivity contribution >= 4 is 11.8 Å². The van der Waals surface area contributed by atoms with Gasteiger partial charge in [0.25, 0.3) is 0 Å². The molecule has 0 aliphatic heterocycles. The van der Waals surface area contributed by atoms with Crippen LogP contribution in [0.1, 0.15) is 96.3 Å². The number of primary amides is 1. The Kier molecular flexibility index (Phi) is 11.3. The Morgan fingerprint density at radius 1 is 1.03 bits per heavy atom. The van der Waals surface area contributed by atoms with E-state index in [9.17, 15) is 24.9 Å². The Hall–Kier alpha value is -2.03. The number of nitrogens with zero attached hydrogens (tertiary/aromatic N) is 2. The minimum atomic E-state index is -1.17. The average molecular weight is 518 g/mol. The minimum Gasteiger partial charge on any atom is -0.390 e. The number of nitrogens with two attached hydrogens (primary N) is 1. The summed E-state index contributed by atoms with van der Waals surface area (Å²) in [6.07, 6.45) is 7.29. The van der Waals surface area contributed by atoms with Crippen LogP contribution in [0.2, 0.25) is 0 Å². The summed E-state index contributed by atoms with van der Waals surface area (Å²) in [5.74, 6) is -0.542. The Bertz CT molecular complexity index is 841. The van der Waals surface area contributed by atoms with Gasteiger partial charge in [0, 0.05) is 18.5 Å². The van der Waals surface area contributed by atoms with Crippen LogP contribution in [0, 0.1) is 23.7 Å². The summed E-state index contributed by atoms with van der Waals surface area (Å²) in [7, 11) is 0. The van der Waals surface area contributed by atoms with Crippen molar-refractivity contribution in [2.45, 2.75) is 109 Å². The molecule has 8 heteroatoms. The second-order valence-electron chi connectivity index (χ2n) is 11.8. The predicted molar refractivity (Wildman–Crippen MR) is 142 cm³/mol. The van der Waals surface area contributed by atoms with E-state index in [1.165, 1.54) is 6.42 Å². The van der Waals surface area contributed by atoms with Gasteiger partial charge in [-0.3, -0.25) is 14.6 Å². The lowest BCUT2D eigenvalue weighted by Crippen LogP contribution is -2.55. The van der Waals surface area contributed by atoms with E-state index >= 15 is 0 Å². The van der Waals surface area contributed by atoms with Crippen LogP contribution in [0.3, 0.4) is 0 Å². The van der Waals surface area contributed by atoms with Crippen LogP contribution in [-0.2, 0) is 9.59 Å². The van der Waals surface area contributed by atoms with E-state index in [4.69, 9.17) is 5.73 Å². The molecule has 3 rings (SSSR count). The molecular weight excluding hydrogens is 470 g/mol. The molecule has 0 saturated heterocycles. The monoisotopic (exact) mass is 517 g/mol. The molecule has 2 saturated carbocycles. The zero-order valence-corrected chi connectivity index (χ0v) is 22.5. The number of carbonyl (C=O) groups is 2. The molecule has 2 amide bonds. The molecule has 0 radical (unpaired) electrons. The molecule has 8 nitrogen and oxygen atoms in total. The molecule has 1 aromatic rings. The Balaban J connectivity index is 1.95. The number of aliphatic hydroxyl groups is 3. The van der Waals surface area contributed by atoms with E-state index in [0.29, 0.717) is 36.8 Å².